The number of aryl methyl sites for hydroxylation is 1. The van der Waals surface area contributed by atoms with E-state index in [0.29, 0.717) is 11.6 Å². The van der Waals surface area contributed by atoms with E-state index < -0.39 is 73.8 Å². The Morgan fingerprint density at radius 3 is 1.98 bits per heavy atom. The molecule has 0 saturated carbocycles. The van der Waals surface area contributed by atoms with Crippen LogP contribution in [0.4, 0.5) is 17.1 Å². The van der Waals surface area contributed by atoms with Crippen molar-refractivity contribution in [1.29, 1.82) is 0 Å². The number of amides is 1. The van der Waals surface area contributed by atoms with Crippen LogP contribution in [-0.4, -0.2) is 49.9 Å². The predicted molar refractivity (Wildman–Crippen MR) is 145 cm³/mol. The molecule has 0 saturated heterocycles. The number of aromatic hydroxyl groups is 1. The number of hydrogen-bond acceptors (Lipinski definition) is 10. The number of benzene rings is 4. The second-order valence-electron chi connectivity index (χ2n) is 8.56. The minimum atomic E-state index is -5.21. The van der Waals surface area contributed by atoms with Crippen LogP contribution in [0.1, 0.15) is 15.9 Å². The Balaban J connectivity index is 2.04. The Kier molecular flexibility index (Phi) is 7.69. The van der Waals surface area contributed by atoms with Gasteiger partial charge < -0.3 is 10.4 Å². The van der Waals surface area contributed by atoms with Gasteiger partial charge >= 0.3 is 0 Å². The first-order valence-electron chi connectivity index (χ1n) is 11.1. The maximum absolute atomic E-state index is 12.9. The third-order valence-electron chi connectivity index (χ3n) is 5.63. The molecule has 0 fully saturated rings. The predicted octanol–water partition coefficient (Wildman–Crippen LogP) is 4.26. The van der Waals surface area contributed by atoms with Crippen LogP contribution in [0.25, 0.3) is 10.8 Å². The number of hydrogen-bond donors (Lipinski definition) is 5. The van der Waals surface area contributed by atoms with Crippen LogP contribution < -0.4 is 5.32 Å². The number of phenolic OH excluding ortho intramolecular Hbond substituents is 1. The third-order valence-corrected chi connectivity index (χ3v) is 8.23. The molecule has 1 amide bonds. The molecule has 0 radical (unpaired) electrons. The van der Waals surface area contributed by atoms with E-state index in [1.165, 1.54) is 24.3 Å². The minimum Gasteiger partial charge on any atom is -0.505 e. The SMILES string of the molecule is Cc1ccc(S(=O)(=O)O)c(N=Nc2c(S(=O)(=O)O)cc3cc(S(=O)(=O)O)cc(NC(=O)c4ccccc4)c3c2O)c1. The van der Waals surface area contributed by atoms with Crippen LogP contribution in [0.5, 0.6) is 5.75 Å². The van der Waals surface area contributed by atoms with Gasteiger partial charge in [0.2, 0.25) is 0 Å². The molecule has 0 bridgehead atoms. The zero-order valence-corrected chi connectivity index (χ0v) is 23.1. The van der Waals surface area contributed by atoms with E-state index in [2.05, 4.69) is 15.5 Å². The lowest BCUT2D eigenvalue weighted by molar-refractivity contribution is 0.102. The van der Waals surface area contributed by atoms with E-state index in [1.807, 2.05) is 0 Å². The summed E-state index contributed by atoms with van der Waals surface area (Å²) in [6.45, 7) is 1.55. The van der Waals surface area contributed by atoms with Crippen molar-refractivity contribution in [3.63, 3.8) is 0 Å². The molecule has 0 unspecified atom stereocenters. The van der Waals surface area contributed by atoms with Gasteiger partial charge in [-0.2, -0.15) is 25.3 Å². The number of carbonyl (C=O) groups excluding carboxylic acids is 1. The van der Waals surface area contributed by atoms with E-state index >= 15 is 0 Å². The van der Waals surface area contributed by atoms with Crippen LogP contribution in [0.15, 0.2) is 91.6 Å². The third kappa shape index (κ3) is 6.40. The van der Waals surface area contributed by atoms with Gasteiger partial charge in [0.15, 0.2) is 5.75 Å². The summed E-state index contributed by atoms with van der Waals surface area (Å²) in [5, 5.41) is 20.1. The summed E-state index contributed by atoms with van der Waals surface area (Å²) in [6, 6.07) is 13.4. The average Bonchev–Trinajstić information content (AvgIpc) is 2.86. The zero-order valence-electron chi connectivity index (χ0n) is 20.6. The first-order valence-corrected chi connectivity index (χ1v) is 15.4. The number of rotatable bonds is 7. The molecule has 5 N–H and O–H groups in total. The number of anilines is 1. The maximum Gasteiger partial charge on any atom is 0.296 e. The minimum absolute atomic E-state index is 0.115. The van der Waals surface area contributed by atoms with Crippen LogP contribution >= 0.6 is 0 Å². The highest BCUT2D eigenvalue weighted by Crippen LogP contribution is 2.45. The van der Waals surface area contributed by atoms with Crippen molar-refractivity contribution in [2.45, 2.75) is 21.6 Å². The first-order chi connectivity index (χ1) is 19.0. The number of azo groups is 1. The molecule has 4 aromatic carbocycles. The lowest BCUT2D eigenvalue weighted by Gasteiger charge is -2.15. The highest BCUT2D eigenvalue weighted by Gasteiger charge is 2.26. The second kappa shape index (κ2) is 10.6. The van der Waals surface area contributed by atoms with Gasteiger partial charge in [-0.1, -0.05) is 24.3 Å². The Morgan fingerprint density at radius 1 is 0.756 bits per heavy atom. The second-order valence-corrected chi connectivity index (χ2v) is 12.8. The fourth-order valence-corrected chi connectivity index (χ4v) is 5.62. The molecule has 14 nitrogen and oxygen atoms in total. The highest BCUT2D eigenvalue weighted by molar-refractivity contribution is 7.86. The quantitative estimate of drug-likeness (QED) is 0.144. The number of carbonyl (C=O) groups is 1. The first kappa shape index (κ1) is 29.7. The molecule has 0 aliphatic rings. The zero-order chi connectivity index (χ0) is 30.3. The van der Waals surface area contributed by atoms with Crippen LogP contribution in [0, 0.1) is 6.92 Å². The monoisotopic (exact) mass is 621 g/mol. The fourth-order valence-electron chi connectivity index (χ4n) is 3.81. The van der Waals surface area contributed by atoms with Crippen LogP contribution in [0.2, 0.25) is 0 Å². The Bertz CT molecular complexity index is 2080. The molecule has 4 aromatic rings. The van der Waals surface area contributed by atoms with Crippen LogP contribution in [-0.2, 0) is 30.4 Å². The lowest BCUT2D eigenvalue weighted by Crippen LogP contribution is -2.13. The molecule has 4 rings (SSSR count). The molecular formula is C24H19N3O11S3. The van der Waals surface area contributed by atoms with E-state index in [-0.39, 0.29) is 16.3 Å². The van der Waals surface area contributed by atoms with E-state index in [9.17, 15) is 48.8 Å². The molecule has 0 atom stereocenters. The van der Waals surface area contributed by atoms with E-state index in [1.54, 1.807) is 25.1 Å². The summed E-state index contributed by atoms with van der Waals surface area (Å²) in [4.78, 5) is 10.3. The average molecular weight is 622 g/mol. The highest BCUT2D eigenvalue weighted by atomic mass is 32.2. The largest absolute Gasteiger partial charge is 0.505 e. The fraction of sp³-hybridized carbons (Fsp3) is 0.0417. The summed E-state index contributed by atoms with van der Waals surface area (Å²) in [5.41, 5.74) is -1.20. The Morgan fingerprint density at radius 2 is 1.39 bits per heavy atom. The number of fused-ring (bicyclic) bond motifs is 1. The number of nitrogens with zero attached hydrogens (tertiary/aromatic N) is 2. The molecule has 0 spiro atoms. The van der Waals surface area contributed by atoms with Crippen molar-refractivity contribution in [1.82, 2.24) is 0 Å². The molecule has 0 aliphatic heterocycles. The summed E-state index contributed by atoms with van der Waals surface area (Å²) in [5.74, 6) is -1.80. The van der Waals surface area contributed by atoms with Crippen molar-refractivity contribution in [2.24, 2.45) is 10.2 Å². The van der Waals surface area contributed by atoms with Gasteiger partial charge in [0.25, 0.3) is 36.3 Å². The Hall–Kier alpha value is -4.26. The van der Waals surface area contributed by atoms with Crippen molar-refractivity contribution >= 4 is 64.1 Å². The van der Waals surface area contributed by atoms with Crippen molar-refractivity contribution in [3.8, 4) is 5.75 Å². The van der Waals surface area contributed by atoms with Gasteiger partial charge in [-0.25, -0.2) is 0 Å². The van der Waals surface area contributed by atoms with Crippen molar-refractivity contribution < 1.29 is 48.8 Å². The molecule has 0 heterocycles. The molecule has 17 heteroatoms. The molecule has 0 aromatic heterocycles. The van der Waals surface area contributed by atoms with Gasteiger partial charge in [0.05, 0.1) is 10.6 Å². The van der Waals surface area contributed by atoms with Gasteiger partial charge in [-0.05, 0) is 60.3 Å². The molecular weight excluding hydrogens is 602 g/mol. The van der Waals surface area contributed by atoms with Gasteiger partial charge in [-0.15, -0.1) is 10.2 Å². The normalized spacial score (nSPS) is 12.6. The smallest absolute Gasteiger partial charge is 0.296 e. The molecule has 214 valence electrons. The lowest BCUT2D eigenvalue weighted by atomic mass is 10.1. The van der Waals surface area contributed by atoms with Gasteiger partial charge in [0.1, 0.15) is 21.2 Å². The maximum atomic E-state index is 12.9. The number of phenols is 1. The summed E-state index contributed by atoms with van der Waals surface area (Å²) >= 11 is 0. The topological polar surface area (TPSA) is 237 Å². The Labute approximate surface area is 233 Å². The van der Waals surface area contributed by atoms with Crippen molar-refractivity contribution in [2.75, 3.05) is 5.32 Å². The summed E-state index contributed by atoms with van der Waals surface area (Å²) < 4.78 is 101. The number of nitrogens with one attached hydrogen (secondary N) is 1. The van der Waals surface area contributed by atoms with Gasteiger partial charge in [-0.3, -0.25) is 18.5 Å². The van der Waals surface area contributed by atoms with Crippen molar-refractivity contribution in [3.05, 3.63) is 77.9 Å². The summed E-state index contributed by atoms with van der Waals surface area (Å²) in [6.07, 6.45) is 0. The van der Waals surface area contributed by atoms with E-state index in [0.717, 1.165) is 18.2 Å². The molecule has 41 heavy (non-hydrogen) atoms. The van der Waals surface area contributed by atoms with Crippen LogP contribution in [0.3, 0.4) is 0 Å². The summed E-state index contributed by atoms with van der Waals surface area (Å²) in [7, 11) is -14.9. The standard InChI is InChI=1S/C24H19N3O11S3/c1-13-7-8-19(40(33,34)35)17(9-13)26-27-22-20(41(36,37)38)11-15-10-16(39(30,31)32)12-18(21(15)23(22)28)25-24(29)14-5-3-2-4-6-14/h2-12,28H,1H3,(H,25,29)(H,30,31,32)(H,33,34,35)(H,36,37,38). The molecule has 0 aliphatic carbocycles. The van der Waals surface area contributed by atoms with Gasteiger partial charge in [0, 0.05) is 10.9 Å². The van der Waals surface area contributed by atoms with E-state index in [4.69, 9.17) is 0 Å².